The van der Waals surface area contributed by atoms with Gasteiger partial charge >= 0.3 is 5.97 Å². The topological polar surface area (TPSA) is 68.0 Å². The maximum atomic E-state index is 10.2. The smallest absolute Gasteiger partial charge is 0.375 e. The van der Waals surface area contributed by atoms with E-state index >= 15 is 0 Å². The van der Waals surface area contributed by atoms with Crippen molar-refractivity contribution in [1.29, 1.82) is 0 Å². The summed E-state index contributed by atoms with van der Waals surface area (Å²) in [6.45, 7) is 1.69. The Morgan fingerprint density at radius 1 is 1.70 bits per heavy atom. The lowest BCUT2D eigenvalue weighted by Gasteiger charge is -1.84. The van der Waals surface area contributed by atoms with Gasteiger partial charge in [0.1, 0.15) is 5.82 Å². The molecule has 10 heavy (non-hydrogen) atoms. The van der Waals surface area contributed by atoms with Gasteiger partial charge < -0.3 is 5.11 Å². The van der Waals surface area contributed by atoms with E-state index in [1.54, 1.807) is 14.0 Å². The van der Waals surface area contributed by atoms with Crippen molar-refractivity contribution < 1.29 is 9.90 Å². The number of rotatable bonds is 1. The molecule has 1 N–H and O–H groups in total. The fourth-order valence-corrected chi connectivity index (χ4v) is 0.553. The first-order valence-corrected chi connectivity index (χ1v) is 2.72. The number of nitrogens with zero attached hydrogens (tertiary/aromatic N) is 3. The summed E-state index contributed by atoms with van der Waals surface area (Å²) in [5, 5.41) is 12.0. The van der Waals surface area contributed by atoms with Crippen molar-refractivity contribution in [3.05, 3.63) is 11.6 Å². The normalized spacial score (nSPS) is 9.80. The van der Waals surface area contributed by atoms with Crippen LogP contribution in [0.15, 0.2) is 0 Å². The summed E-state index contributed by atoms with van der Waals surface area (Å²) in [6, 6.07) is 0. The van der Waals surface area contributed by atoms with Crippen LogP contribution in [0.2, 0.25) is 0 Å². The molecule has 0 bridgehead atoms. The molecule has 5 heteroatoms. The third kappa shape index (κ3) is 0.975. The summed E-state index contributed by atoms with van der Waals surface area (Å²) in [5.41, 5.74) is 0. The minimum absolute atomic E-state index is 0.153. The van der Waals surface area contributed by atoms with E-state index in [1.807, 2.05) is 0 Å². The molecule has 1 aromatic heterocycles. The van der Waals surface area contributed by atoms with E-state index in [4.69, 9.17) is 5.11 Å². The third-order valence-electron chi connectivity index (χ3n) is 1.17. The number of carbonyl (C=O) groups is 1. The molecule has 0 saturated heterocycles. The van der Waals surface area contributed by atoms with Gasteiger partial charge in [-0.1, -0.05) is 0 Å². The minimum Gasteiger partial charge on any atom is -0.475 e. The zero-order chi connectivity index (χ0) is 7.72. The Balaban J connectivity index is 3.10. The number of hydrogen-bond acceptors (Lipinski definition) is 3. The highest BCUT2D eigenvalue weighted by atomic mass is 16.4. The van der Waals surface area contributed by atoms with Crippen LogP contribution in [0.3, 0.4) is 0 Å². The van der Waals surface area contributed by atoms with Crippen molar-refractivity contribution in [3.8, 4) is 0 Å². The predicted molar refractivity (Wildman–Crippen MR) is 32.7 cm³/mol. The molecule has 0 aliphatic rings. The number of aromatic nitrogens is 3. The lowest BCUT2D eigenvalue weighted by atomic mass is 10.6. The van der Waals surface area contributed by atoms with Gasteiger partial charge in [-0.25, -0.2) is 9.78 Å². The first-order valence-electron chi connectivity index (χ1n) is 2.72. The van der Waals surface area contributed by atoms with Gasteiger partial charge in [0, 0.05) is 7.05 Å². The van der Waals surface area contributed by atoms with Gasteiger partial charge in [0.05, 0.1) is 0 Å². The standard InChI is InChI=1S/C5H7N3O2/c1-3-6-4(5(9)10)7-8(3)2/h1-2H3,(H,9,10). The average Bonchev–Trinajstić information content (AvgIpc) is 2.13. The molecule has 0 unspecified atom stereocenters. The quantitative estimate of drug-likeness (QED) is 0.589. The van der Waals surface area contributed by atoms with Gasteiger partial charge in [-0.05, 0) is 6.92 Å². The molecule has 0 aromatic carbocycles. The largest absolute Gasteiger partial charge is 0.475 e. The fraction of sp³-hybridized carbons (Fsp3) is 0.400. The molecule has 0 saturated carbocycles. The van der Waals surface area contributed by atoms with Crippen LogP contribution < -0.4 is 0 Å². The zero-order valence-electron chi connectivity index (χ0n) is 5.70. The van der Waals surface area contributed by atoms with Gasteiger partial charge in [-0.3, -0.25) is 4.68 Å². The lowest BCUT2D eigenvalue weighted by molar-refractivity contribution is 0.0683. The van der Waals surface area contributed by atoms with Crippen LogP contribution in [0.5, 0.6) is 0 Å². The number of aryl methyl sites for hydroxylation is 2. The summed E-state index contributed by atoms with van der Waals surface area (Å²) in [7, 11) is 1.65. The molecule has 5 nitrogen and oxygen atoms in total. The highest BCUT2D eigenvalue weighted by Gasteiger charge is 2.09. The number of hydrogen-bond donors (Lipinski definition) is 1. The average molecular weight is 141 g/mol. The highest BCUT2D eigenvalue weighted by molar-refractivity contribution is 5.82. The van der Waals surface area contributed by atoms with E-state index in [9.17, 15) is 4.79 Å². The molecule has 1 aromatic rings. The molecule has 0 spiro atoms. The predicted octanol–water partition coefficient (Wildman–Crippen LogP) is -0.178. The van der Waals surface area contributed by atoms with Crippen LogP contribution in [0.1, 0.15) is 16.4 Å². The maximum absolute atomic E-state index is 10.2. The molecular formula is C5H7N3O2. The SMILES string of the molecule is Cc1nc(C(=O)O)nn1C. The Morgan fingerprint density at radius 3 is 2.50 bits per heavy atom. The summed E-state index contributed by atoms with van der Waals surface area (Å²) in [5.74, 6) is -0.652. The molecule has 0 aliphatic carbocycles. The van der Waals surface area contributed by atoms with Crippen molar-refractivity contribution in [1.82, 2.24) is 14.8 Å². The van der Waals surface area contributed by atoms with E-state index in [0.717, 1.165) is 0 Å². The third-order valence-corrected chi connectivity index (χ3v) is 1.17. The number of carboxylic acid groups (broad SMARTS) is 1. The number of aromatic carboxylic acids is 1. The van der Waals surface area contributed by atoms with Gasteiger partial charge in [0.2, 0.25) is 0 Å². The Bertz CT molecular complexity index is 246. The van der Waals surface area contributed by atoms with Crippen molar-refractivity contribution in [2.45, 2.75) is 6.92 Å². The van der Waals surface area contributed by atoms with Crippen LogP contribution >= 0.6 is 0 Å². The summed E-state index contributed by atoms with van der Waals surface area (Å²) >= 11 is 0. The first-order chi connectivity index (χ1) is 4.61. The van der Waals surface area contributed by atoms with Crippen molar-refractivity contribution >= 4 is 5.97 Å². The van der Waals surface area contributed by atoms with Crippen LogP contribution in [0.4, 0.5) is 0 Å². The lowest BCUT2D eigenvalue weighted by Crippen LogP contribution is -2.00. The second-order valence-corrected chi connectivity index (χ2v) is 1.91. The number of carboxylic acids is 1. The molecule has 0 aliphatic heterocycles. The minimum atomic E-state index is -1.09. The van der Waals surface area contributed by atoms with Crippen LogP contribution in [0.25, 0.3) is 0 Å². The van der Waals surface area contributed by atoms with Crippen LogP contribution in [-0.2, 0) is 7.05 Å². The van der Waals surface area contributed by atoms with E-state index in [0.29, 0.717) is 5.82 Å². The molecule has 1 heterocycles. The molecule has 0 fully saturated rings. The maximum Gasteiger partial charge on any atom is 0.375 e. The van der Waals surface area contributed by atoms with Crippen molar-refractivity contribution in [3.63, 3.8) is 0 Å². The monoisotopic (exact) mass is 141 g/mol. The van der Waals surface area contributed by atoms with E-state index < -0.39 is 5.97 Å². The molecule has 0 atom stereocenters. The second kappa shape index (κ2) is 2.09. The first kappa shape index (κ1) is 6.73. The Labute approximate surface area is 57.3 Å². The zero-order valence-corrected chi connectivity index (χ0v) is 5.70. The van der Waals surface area contributed by atoms with Crippen molar-refractivity contribution in [2.24, 2.45) is 7.05 Å². The molecule has 1 rings (SSSR count). The van der Waals surface area contributed by atoms with E-state index in [2.05, 4.69) is 10.1 Å². The van der Waals surface area contributed by atoms with E-state index in [1.165, 1.54) is 4.68 Å². The Morgan fingerprint density at radius 2 is 2.30 bits per heavy atom. The van der Waals surface area contributed by atoms with Gasteiger partial charge in [0.15, 0.2) is 0 Å². The molecular weight excluding hydrogens is 134 g/mol. The summed E-state index contributed by atoms with van der Waals surface area (Å²) in [6.07, 6.45) is 0. The molecule has 0 amide bonds. The Kier molecular flexibility index (Phi) is 1.41. The van der Waals surface area contributed by atoms with Gasteiger partial charge in [0.25, 0.3) is 5.82 Å². The second-order valence-electron chi connectivity index (χ2n) is 1.91. The highest BCUT2D eigenvalue weighted by Crippen LogP contribution is 1.92. The van der Waals surface area contributed by atoms with E-state index in [-0.39, 0.29) is 5.82 Å². The van der Waals surface area contributed by atoms with Crippen LogP contribution in [-0.4, -0.2) is 25.8 Å². The molecule has 0 radical (unpaired) electrons. The van der Waals surface area contributed by atoms with Gasteiger partial charge in [-0.2, -0.15) is 0 Å². The summed E-state index contributed by atoms with van der Waals surface area (Å²) < 4.78 is 1.42. The van der Waals surface area contributed by atoms with Crippen LogP contribution in [0, 0.1) is 6.92 Å². The fourth-order valence-electron chi connectivity index (χ4n) is 0.553. The van der Waals surface area contributed by atoms with Gasteiger partial charge in [-0.15, -0.1) is 5.10 Å². The van der Waals surface area contributed by atoms with Crippen molar-refractivity contribution in [2.75, 3.05) is 0 Å². The molecule has 54 valence electrons. The Hall–Kier alpha value is -1.39. The summed E-state index contributed by atoms with van der Waals surface area (Å²) in [4.78, 5) is 13.9.